The highest BCUT2D eigenvalue weighted by Crippen LogP contribution is 2.16. The van der Waals surface area contributed by atoms with Crippen LogP contribution in [0.3, 0.4) is 0 Å². The monoisotopic (exact) mass is 204 g/mol. The van der Waals surface area contributed by atoms with Crippen molar-refractivity contribution in [2.75, 3.05) is 19.6 Å². The Hall–Kier alpha value is -0.890. The fraction of sp³-hybridized carbons (Fsp3) is 0.615. The van der Waals surface area contributed by atoms with Crippen molar-refractivity contribution in [3.63, 3.8) is 0 Å². The van der Waals surface area contributed by atoms with Crippen LogP contribution < -0.4 is 0 Å². The molecule has 0 bridgehead atoms. The second kappa shape index (κ2) is 5.26. The molecule has 0 N–H and O–H groups in total. The van der Waals surface area contributed by atoms with Crippen LogP contribution in [0.5, 0.6) is 0 Å². The van der Waals surface area contributed by atoms with E-state index in [2.05, 4.69) is 28.9 Å². The van der Waals surface area contributed by atoms with Gasteiger partial charge in [0.25, 0.3) is 0 Å². The summed E-state index contributed by atoms with van der Waals surface area (Å²) in [6.07, 6.45) is 6.04. The summed E-state index contributed by atoms with van der Waals surface area (Å²) in [6.45, 7) is 5.99. The molecule has 1 aliphatic rings. The van der Waals surface area contributed by atoms with Crippen LogP contribution in [0.1, 0.15) is 37.8 Å². The number of hydrogen-bond acceptors (Lipinski definition) is 2. The maximum Gasteiger partial charge on any atom is 0.0444 e. The molecule has 2 rings (SSSR count). The van der Waals surface area contributed by atoms with Crippen molar-refractivity contribution in [2.24, 2.45) is 0 Å². The van der Waals surface area contributed by atoms with Crippen molar-refractivity contribution >= 4 is 0 Å². The van der Waals surface area contributed by atoms with E-state index < -0.39 is 0 Å². The second-order valence-electron chi connectivity index (χ2n) is 4.52. The average Bonchev–Trinajstić information content (AvgIpc) is 2.31. The highest BCUT2D eigenvalue weighted by Gasteiger charge is 2.14. The molecule has 1 aromatic rings. The molecule has 0 aromatic carbocycles. The molecule has 0 amide bonds. The van der Waals surface area contributed by atoms with Crippen molar-refractivity contribution in [1.29, 1.82) is 0 Å². The van der Waals surface area contributed by atoms with E-state index in [4.69, 9.17) is 0 Å². The number of hydrogen-bond donors (Lipinski definition) is 0. The Morgan fingerprint density at radius 3 is 2.73 bits per heavy atom. The quantitative estimate of drug-likeness (QED) is 0.752. The van der Waals surface area contributed by atoms with Crippen LogP contribution in [-0.2, 0) is 0 Å². The van der Waals surface area contributed by atoms with Gasteiger partial charge in [0.2, 0.25) is 0 Å². The number of piperidine rings is 1. The van der Waals surface area contributed by atoms with Crippen LogP contribution in [0.25, 0.3) is 0 Å². The van der Waals surface area contributed by atoms with Gasteiger partial charge in [-0.05, 0) is 38.1 Å². The summed E-state index contributed by atoms with van der Waals surface area (Å²) >= 11 is 0. The number of likely N-dealkylation sites (tertiary alicyclic amines) is 1. The lowest BCUT2D eigenvalue weighted by molar-refractivity contribution is 0.218. The van der Waals surface area contributed by atoms with Gasteiger partial charge in [0.1, 0.15) is 0 Å². The topological polar surface area (TPSA) is 16.1 Å². The molecule has 2 heteroatoms. The summed E-state index contributed by atoms with van der Waals surface area (Å²) in [7, 11) is 0. The van der Waals surface area contributed by atoms with Crippen LogP contribution in [0.2, 0.25) is 0 Å². The Morgan fingerprint density at radius 2 is 2.07 bits per heavy atom. The summed E-state index contributed by atoms with van der Waals surface area (Å²) in [5.41, 5.74) is 1.23. The summed E-state index contributed by atoms with van der Waals surface area (Å²) in [6, 6.07) is 6.20. The van der Waals surface area contributed by atoms with Gasteiger partial charge in [-0.2, -0.15) is 0 Å². The lowest BCUT2D eigenvalue weighted by Gasteiger charge is -2.28. The Labute approximate surface area is 92.3 Å². The van der Waals surface area contributed by atoms with E-state index in [-0.39, 0.29) is 0 Å². The van der Waals surface area contributed by atoms with E-state index in [1.165, 1.54) is 38.0 Å². The van der Waals surface area contributed by atoms with Gasteiger partial charge in [0.05, 0.1) is 0 Å². The molecule has 82 valence electrons. The van der Waals surface area contributed by atoms with Crippen molar-refractivity contribution in [3.05, 3.63) is 30.1 Å². The van der Waals surface area contributed by atoms with E-state index in [0.717, 1.165) is 6.54 Å². The van der Waals surface area contributed by atoms with E-state index in [1.807, 2.05) is 12.3 Å². The highest BCUT2D eigenvalue weighted by atomic mass is 15.1. The highest BCUT2D eigenvalue weighted by molar-refractivity contribution is 5.08. The second-order valence-corrected chi connectivity index (χ2v) is 4.52. The first-order valence-electron chi connectivity index (χ1n) is 5.99. The summed E-state index contributed by atoms with van der Waals surface area (Å²) in [5, 5.41) is 0. The molecular formula is C13H20N2. The zero-order valence-corrected chi connectivity index (χ0v) is 9.52. The average molecular weight is 204 g/mol. The third-order valence-electron chi connectivity index (χ3n) is 3.17. The predicted molar refractivity (Wildman–Crippen MR) is 62.9 cm³/mol. The van der Waals surface area contributed by atoms with Gasteiger partial charge in [0, 0.05) is 24.4 Å². The molecule has 0 saturated carbocycles. The van der Waals surface area contributed by atoms with Gasteiger partial charge in [-0.25, -0.2) is 0 Å². The Balaban J connectivity index is 1.88. The first kappa shape index (κ1) is 10.6. The Morgan fingerprint density at radius 1 is 1.27 bits per heavy atom. The normalized spacial score (nSPS) is 20.1. The van der Waals surface area contributed by atoms with Crippen LogP contribution in [0.15, 0.2) is 24.4 Å². The third kappa shape index (κ3) is 3.03. The molecule has 1 aliphatic heterocycles. The van der Waals surface area contributed by atoms with Gasteiger partial charge >= 0.3 is 0 Å². The molecule has 2 heterocycles. The molecule has 15 heavy (non-hydrogen) atoms. The summed E-state index contributed by atoms with van der Waals surface area (Å²) in [4.78, 5) is 6.99. The zero-order chi connectivity index (χ0) is 10.5. The summed E-state index contributed by atoms with van der Waals surface area (Å²) in [5.74, 6) is 0.560. The molecule has 0 aliphatic carbocycles. The van der Waals surface area contributed by atoms with Crippen molar-refractivity contribution < 1.29 is 0 Å². The first-order chi connectivity index (χ1) is 7.36. The molecule has 1 aromatic heterocycles. The van der Waals surface area contributed by atoms with Crippen LogP contribution in [0, 0.1) is 0 Å². The number of rotatable bonds is 3. The molecule has 1 fully saturated rings. The van der Waals surface area contributed by atoms with Crippen molar-refractivity contribution in [1.82, 2.24) is 9.88 Å². The maximum absolute atomic E-state index is 4.42. The van der Waals surface area contributed by atoms with Gasteiger partial charge in [-0.3, -0.25) is 4.98 Å². The van der Waals surface area contributed by atoms with E-state index in [0.29, 0.717) is 5.92 Å². The van der Waals surface area contributed by atoms with Gasteiger partial charge in [0.15, 0.2) is 0 Å². The maximum atomic E-state index is 4.42. The standard InChI is InChI=1S/C13H20N2/c1-12(13-7-3-4-8-14-13)11-15-9-5-2-6-10-15/h3-4,7-8,12H,2,5-6,9-11H2,1H3. The van der Waals surface area contributed by atoms with Crippen LogP contribution >= 0.6 is 0 Å². The Kier molecular flexibility index (Phi) is 3.73. The molecular weight excluding hydrogens is 184 g/mol. The smallest absolute Gasteiger partial charge is 0.0444 e. The predicted octanol–water partition coefficient (Wildman–Crippen LogP) is 2.67. The Bertz CT molecular complexity index is 278. The van der Waals surface area contributed by atoms with E-state index >= 15 is 0 Å². The molecule has 2 nitrogen and oxygen atoms in total. The SMILES string of the molecule is CC(CN1CCCCC1)c1ccccn1. The van der Waals surface area contributed by atoms with E-state index in [1.54, 1.807) is 0 Å². The third-order valence-corrected chi connectivity index (χ3v) is 3.17. The lowest BCUT2D eigenvalue weighted by Crippen LogP contribution is -2.33. The van der Waals surface area contributed by atoms with Gasteiger partial charge in [-0.15, -0.1) is 0 Å². The largest absolute Gasteiger partial charge is 0.303 e. The molecule has 1 atom stereocenters. The lowest BCUT2D eigenvalue weighted by atomic mass is 10.0. The fourth-order valence-electron chi connectivity index (χ4n) is 2.29. The van der Waals surface area contributed by atoms with E-state index in [9.17, 15) is 0 Å². The number of aromatic nitrogens is 1. The number of pyridine rings is 1. The van der Waals surface area contributed by atoms with Gasteiger partial charge in [-0.1, -0.05) is 19.4 Å². The fourth-order valence-corrected chi connectivity index (χ4v) is 2.29. The minimum absolute atomic E-state index is 0.560. The number of nitrogens with zero attached hydrogens (tertiary/aromatic N) is 2. The molecule has 1 unspecified atom stereocenters. The molecule has 0 radical (unpaired) electrons. The van der Waals surface area contributed by atoms with Crippen molar-refractivity contribution in [3.8, 4) is 0 Å². The first-order valence-corrected chi connectivity index (χ1v) is 5.99. The van der Waals surface area contributed by atoms with Crippen molar-refractivity contribution in [2.45, 2.75) is 32.1 Å². The minimum Gasteiger partial charge on any atom is -0.303 e. The van der Waals surface area contributed by atoms with Gasteiger partial charge < -0.3 is 4.90 Å². The van der Waals surface area contributed by atoms with Crippen LogP contribution in [-0.4, -0.2) is 29.5 Å². The summed E-state index contributed by atoms with van der Waals surface area (Å²) < 4.78 is 0. The zero-order valence-electron chi connectivity index (χ0n) is 9.52. The molecule has 0 spiro atoms. The minimum atomic E-state index is 0.560. The van der Waals surface area contributed by atoms with Crippen LogP contribution in [0.4, 0.5) is 0 Å². The molecule has 1 saturated heterocycles.